The fourth-order valence-corrected chi connectivity index (χ4v) is 1.88. The minimum atomic E-state index is -4.39. The van der Waals surface area contributed by atoms with Gasteiger partial charge in [-0.2, -0.15) is 13.2 Å². The van der Waals surface area contributed by atoms with E-state index in [0.717, 1.165) is 18.6 Å². The van der Waals surface area contributed by atoms with Gasteiger partial charge in [0.25, 0.3) is 0 Å². The molecule has 2 nitrogen and oxygen atoms in total. The number of anilines is 1. The minimum absolute atomic E-state index is 0.147. The van der Waals surface area contributed by atoms with Crippen LogP contribution in [0.3, 0.4) is 0 Å². The fraction of sp³-hybridized carbons (Fsp3) is 0.545. The van der Waals surface area contributed by atoms with Gasteiger partial charge in [0.2, 0.25) is 0 Å². The maximum Gasteiger partial charge on any atom is 0.416 e. The SMILES string of the molecule is CC1CC1CNc1cc(C(F)(F)F)cc(Cl)n1. The largest absolute Gasteiger partial charge is 0.416 e. The van der Waals surface area contributed by atoms with Crippen molar-refractivity contribution < 1.29 is 13.2 Å². The Morgan fingerprint density at radius 1 is 1.47 bits per heavy atom. The van der Waals surface area contributed by atoms with E-state index in [0.29, 0.717) is 18.4 Å². The van der Waals surface area contributed by atoms with E-state index in [1.54, 1.807) is 0 Å². The van der Waals surface area contributed by atoms with Crippen LogP contribution >= 0.6 is 11.6 Å². The number of halogens is 4. The summed E-state index contributed by atoms with van der Waals surface area (Å²) in [5.41, 5.74) is -0.774. The third-order valence-electron chi connectivity index (χ3n) is 2.94. The molecule has 2 rings (SSSR count). The van der Waals surface area contributed by atoms with E-state index in [9.17, 15) is 13.2 Å². The van der Waals surface area contributed by atoms with Crippen molar-refractivity contribution in [3.05, 3.63) is 22.8 Å². The second-order valence-corrected chi connectivity index (χ2v) is 4.80. The molecular weight excluding hydrogens is 253 g/mol. The van der Waals surface area contributed by atoms with Gasteiger partial charge in [-0.15, -0.1) is 0 Å². The average Bonchev–Trinajstić information content (AvgIpc) is 2.90. The lowest BCUT2D eigenvalue weighted by atomic mass is 10.2. The molecule has 0 bridgehead atoms. The van der Waals surface area contributed by atoms with Crippen molar-refractivity contribution in [2.45, 2.75) is 19.5 Å². The highest BCUT2D eigenvalue weighted by molar-refractivity contribution is 6.29. The first-order chi connectivity index (χ1) is 7.86. The van der Waals surface area contributed by atoms with Gasteiger partial charge in [-0.3, -0.25) is 0 Å². The van der Waals surface area contributed by atoms with E-state index in [1.807, 2.05) is 0 Å². The van der Waals surface area contributed by atoms with E-state index in [4.69, 9.17) is 11.6 Å². The number of hydrogen-bond acceptors (Lipinski definition) is 2. The Morgan fingerprint density at radius 2 is 2.12 bits per heavy atom. The Labute approximate surface area is 102 Å². The maximum absolute atomic E-state index is 12.5. The Kier molecular flexibility index (Phi) is 3.21. The number of nitrogens with zero attached hydrogens (tertiary/aromatic N) is 1. The molecule has 2 atom stereocenters. The van der Waals surface area contributed by atoms with Gasteiger partial charge in [0.15, 0.2) is 0 Å². The Hall–Kier alpha value is -0.970. The van der Waals surface area contributed by atoms with Crippen LogP contribution in [0.1, 0.15) is 18.9 Å². The quantitative estimate of drug-likeness (QED) is 0.840. The maximum atomic E-state index is 12.5. The first-order valence-electron chi connectivity index (χ1n) is 5.35. The molecule has 1 aromatic rings. The molecule has 6 heteroatoms. The molecule has 0 aromatic carbocycles. The molecule has 1 heterocycles. The van der Waals surface area contributed by atoms with Crippen LogP contribution < -0.4 is 5.32 Å². The lowest BCUT2D eigenvalue weighted by Crippen LogP contribution is -2.10. The van der Waals surface area contributed by atoms with Gasteiger partial charge in [-0.25, -0.2) is 4.98 Å². The molecule has 94 valence electrons. The summed E-state index contributed by atoms with van der Waals surface area (Å²) >= 11 is 5.56. The van der Waals surface area contributed by atoms with Gasteiger partial charge in [-0.05, 0) is 30.4 Å². The summed E-state index contributed by atoms with van der Waals surface area (Å²) in [6.45, 7) is 2.75. The molecule has 0 amide bonds. The summed E-state index contributed by atoms with van der Waals surface area (Å²) in [6.07, 6.45) is -3.28. The lowest BCUT2D eigenvalue weighted by molar-refractivity contribution is -0.137. The summed E-state index contributed by atoms with van der Waals surface area (Å²) in [5, 5.41) is 2.75. The van der Waals surface area contributed by atoms with Crippen molar-refractivity contribution >= 4 is 17.4 Å². The van der Waals surface area contributed by atoms with Crippen molar-refractivity contribution in [1.29, 1.82) is 0 Å². The lowest BCUT2D eigenvalue weighted by Gasteiger charge is -2.10. The second-order valence-electron chi connectivity index (χ2n) is 4.42. The number of hydrogen-bond donors (Lipinski definition) is 1. The van der Waals surface area contributed by atoms with Crippen LogP contribution in [0, 0.1) is 11.8 Å². The monoisotopic (exact) mass is 264 g/mol. The number of aromatic nitrogens is 1. The minimum Gasteiger partial charge on any atom is -0.370 e. The van der Waals surface area contributed by atoms with Gasteiger partial charge >= 0.3 is 6.18 Å². The van der Waals surface area contributed by atoms with Crippen molar-refractivity contribution in [3.8, 4) is 0 Å². The first-order valence-corrected chi connectivity index (χ1v) is 5.72. The van der Waals surface area contributed by atoms with Gasteiger partial charge in [-0.1, -0.05) is 18.5 Å². The van der Waals surface area contributed by atoms with Crippen molar-refractivity contribution in [3.63, 3.8) is 0 Å². The molecule has 0 radical (unpaired) electrons. The molecule has 1 fully saturated rings. The van der Waals surface area contributed by atoms with Crippen molar-refractivity contribution in [2.24, 2.45) is 11.8 Å². The first kappa shape index (κ1) is 12.5. The zero-order chi connectivity index (χ0) is 12.6. The predicted molar refractivity (Wildman–Crippen MR) is 60.0 cm³/mol. The zero-order valence-corrected chi connectivity index (χ0v) is 9.94. The molecule has 0 spiro atoms. The number of alkyl halides is 3. The fourth-order valence-electron chi connectivity index (χ4n) is 1.67. The third kappa shape index (κ3) is 3.25. The Bertz CT molecular complexity index is 420. The highest BCUT2D eigenvalue weighted by Gasteiger charge is 2.33. The zero-order valence-electron chi connectivity index (χ0n) is 9.18. The highest BCUT2D eigenvalue weighted by atomic mass is 35.5. The molecule has 1 aromatic heterocycles. The Balaban J connectivity index is 2.08. The summed E-state index contributed by atoms with van der Waals surface area (Å²) in [6, 6.07) is 1.81. The van der Waals surface area contributed by atoms with Crippen LogP contribution in [-0.4, -0.2) is 11.5 Å². The summed E-state index contributed by atoms with van der Waals surface area (Å²) in [4.78, 5) is 3.83. The Morgan fingerprint density at radius 3 is 2.65 bits per heavy atom. The normalized spacial score (nSPS) is 23.6. The molecule has 0 aliphatic heterocycles. The predicted octanol–water partition coefficient (Wildman–Crippen LogP) is 3.82. The molecule has 2 unspecified atom stereocenters. The van der Waals surface area contributed by atoms with Crippen LogP contribution in [0.4, 0.5) is 19.0 Å². The van der Waals surface area contributed by atoms with E-state index in [2.05, 4.69) is 17.2 Å². The van der Waals surface area contributed by atoms with Gasteiger partial charge in [0, 0.05) is 6.54 Å². The van der Waals surface area contributed by atoms with Crippen LogP contribution in [-0.2, 0) is 6.18 Å². The van der Waals surface area contributed by atoms with Crippen LogP contribution in [0.5, 0.6) is 0 Å². The second kappa shape index (κ2) is 4.37. The van der Waals surface area contributed by atoms with Crippen molar-refractivity contribution in [2.75, 3.05) is 11.9 Å². The van der Waals surface area contributed by atoms with Gasteiger partial charge in [0.1, 0.15) is 11.0 Å². The smallest absolute Gasteiger partial charge is 0.370 e. The van der Waals surface area contributed by atoms with E-state index in [-0.39, 0.29) is 11.0 Å². The van der Waals surface area contributed by atoms with Crippen LogP contribution in [0.2, 0.25) is 5.15 Å². The van der Waals surface area contributed by atoms with E-state index in [1.165, 1.54) is 0 Å². The van der Waals surface area contributed by atoms with Gasteiger partial charge < -0.3 is 5.32 Å². The van der Waals surface area contributed by atoms with E-state index >= 15 is 0 Å². The molecule has 1 aliphatic carbocycles. The molecule has 1 aliphatic rings. The molecule has 0 saturated heterocycles. The highest BCUT2D eigenvalue weighted by Crippen LogP contribution is 2.38. The van der Waals surface area contributed by atoms with Gasteiger partial charge in [0.05, 0.1) is 5.56 Å². The molecular formula is C11H12ClF3N2. The summed E-state index contributed by atoms with van der Waals surface area (Å²) in [5.74, 6) is 1.36. The number of pyridine rings is 1. The van der Waals surface area contributed by atoms with Crippen LogP contribution in [0.25, 0.3) is 0 Å². The topological polar surface area (TPSA) is 24.9 Å². The molecule has 17 heavy (non-hydrogen) atoms. The standard InChI is InChI=1S/C11H12ClF3N2/c1-6-2-7(6)5-16-10-4-8(11(13,14)15)3-9(12)17-10/h3-4,6-7H,2,5H2,1H3,(H,16,17). The number of rotatable bonds is 3. The van der Waals surface area contributed by atoms with Crippen LogP contribution in [0.15, 0.2) is 12.1 Å². The van der Waals surface area contributed by atoms with E-state index < -0.39 is 11.7 Å². The van der Waals surface area contributed by atoms with Crippen molar-refractivity contribution in [1.82, 2.24) is 4.98 Å². The number of nitrogens with one attached hydrogen (secondary N) is 1. The molecule has 1 N–H and O–H groups in total. The molecule has 1 saturated carbocycles. The summed E-state index contributed by atoms with van der Waals surface area (Å²) < 4.78 is 37.5. The third-order valence-corrected chi connectivity index (χ3v) is 3.14. The average molecular weight is 265 g/mol. The summed E-state index contributed by atoms with van der Waals surface area (Å²) in [7, 11) is 0.